The summed E-state index contributed by atoms with van der Waals surface area (Å²) in [5.74, 6) is 0.720. The minimum absolute atomic E-state index is 0.0126. The lowest BCUT2D eigenvalue weighted by Crippen LogP contribution is -2.58. The Balaban J connectivity index is 1.37. The number of piperazine rings is 1. The van der Waals surface area contributed by atoms with Crippen LogP contribution in [0.3, 0.4) is 0 Å². The number of hydrogen-bond acceptors (Lipinski definition) is 3. The van der Waals surface area contributed by atoms with Crippen LogP contribution in [0.2, 0.25) is 0 Å². The molecule has 0 bridgehead atoms. The number of rotatable bonds is 7. The summed E-state index contributed by atoms with van der Waals surface area (Å²) in [6.07, 6.45) is 5.09. The maximum Gasteiger partial charge on any atom is 0.238 e. The first-order chi connectivity index (χ1) is 15.6. The fraction of sp³-hybridized carbons (Fsp3) is 0.481. The summed E-state index contributed by atoms with van der Waals surface area (Å²) in [6, 6.07) is 20.0. The second-order valence-corrected chi connectivity index (χ2v) is 9.21. The predicted octanol–water partition coefficient (Wildman–Crippen LogP) is 3.81. The van der Waals surface area contributed by atoms with Gasteiger partial charge in [0.2, 0.25) is 11.8 Å². The average Bonchev–Trinajstić information content (AvgIpc) is 3.35. The molecule has 0 aromatic heterocycles. The van der Waals surface area contributed by atoms with Crippen LogP contribution in [0.15, 0.2) is 60.7 Å². The first-order valence-electron chi connectivity index (χ1n) is 12.0. The summed E-state index contributed by atoms with van der Waals surface area (Å²) in [6.45, 7) is 4.95. The largest absolute Gasteiger partial charge is 0.348 e. The van der Waals surface area contributed by atoms with Gasteiger partial charge < -0.3 is 10.2 Å². The molecule has 170 valence electrons. The molecule has 1 heterocycles. The van der Waals surface area contributed by atoms with Gasteiger partial charge in [0.25, 0.3) is 0 Å². The molecular formula is C27H35N3O2. The SMILES string of the molecule is CC(NC(=O)C(C1CCCC1)N1CCN(C(=O)Cc2ccccc2)CC1)c1ccccc1. The molecule has 1 saturated heterocycles. The highest BCUT2D eigenvalue weighted by Gasteiger charge is 2.37. The molecule has 2 aliphatic rings. The van der Waals surface area contributed by atoms with Gasteiger partial charge in [0, 0.05) is 26.2 Å². The number of benzene rings is 2. The molecule has 2 unspecified atom stereocenters. The topological polar surface area (TPSA) is 52.7 Å². The molecule has 4 rings (SSSR count). The van der Waals surface area contributed by atoms with Crippen molar-refractivity contribution in [1.29, 1.82) is 0 Å². The zero-order valence-corrected chi connectivity index (χ0v) is 19.1. The van der Waals surface area contributed by atoms with Crippen molar-refractivity contribution in [3.05, 3.63) is 71.8 Å². The number of amides is 2. The van der Waals surface area contributed by atoms with Gasteiger partial charge in [-0.15, -0.1) is 0 Å². The van der Waals surface area contributed by atoms with Crippen molar-refractivity contribution in [2.45, 2.75) is 51.1 Å². The number of carbonyl (C=O) groups is 2. The van der Waals surface area contributed by atoms with E-state index in [1.165, 1.54) is 12.8 Å². The summed E-state index contributed by atoms with van der Waals surface area (Å²) in [5.41, 5.74) is 2.18. The Morgan fingerprint density at radius 3 is 2.12 bits per heavy atom. The molecule has 0 radical (unpaired) electrons. The van der Waals surface area contributed by atoms with Crippen LogP contribution in [0.4, 0.5) is 0 Å². The van der Waals surface area contributed by atoms with Gasteiger partial charge in [-0.2, -0.15) is 0 Å². The van der Waals surface area contributed by atoms with E-state index in [2.05, 4.69) is 29.3 Å². The molecular weight excluding hydrogens is 398 g/mol. The van der Waals surface area contributed by atoms with Crippen LogP contribution in [0.5, 0.6) is 0 Å². The van der Waals surface area contributed by atoms with E-state index in [1.807, 2.05) is 53.4 Å². The monoisotopic (exact) mass is 433 g/mol. The minimum Gasteiger partial charge on any atom is -0.348 e. The lowest BCUT2D eigenvalue weighted by molar-refractivity contribution is -0.135. The summed E-state index contributed by atoms with van der Waals surface area (Å²) in [5, 5.41) is 3.28. The first kappa shape index (κ1) is 22.5. The quantitative estimate of drug-likeness (QED) is 0.722. The third-order valence-corrected chi connectivity index (χ3v) is 7.03. The van der Waals surface area contributed by atoms with Crippen LogP contribution in [0.25, 0.3) is 0 Å². The third kappa shape index (κ3) is 5.57. The first-order valence-corrected chi connectivity index (χ1v) is 12.0. The predicted molar refractivity (Wildman–Crippen MR) is 127 cm³/mol. The fourth-order valence-corrected chi connectivity index (χ4v) is 5.21. The Morgan fingerprint density at radius 2 is 1.50 bits per heavy atom. The van der Waals surface area contributed by atoms with Crippen LogP contribution in [0, 0.1) is 5.92 Å². The van der Waals surface area contributed by atoms with E-state index in [1.54, 1.807) is 0 Å². The molecule has 32 heavy (non-hydrogen) atoms. The lowest BCUT2D eigenvalue weighted by atomic mass is 9.94. The highest BCUT2D eigenvalue weighted by molar-refractivity contribution is 5.83. The van der Waals surface area contributed by atoms with Gasteiger partial charge in [-0.05, 0) is 36.8 Å². The molecule has 1 aliphatic heterocycles. The Morgan fingerprint density at radius 1 is 0.906 bits per heavy atom. The fourth-order valence-electron chi connectivity index (χ4n) is 5.21. The van der Waals surface area contributed by atoms with E-state index in [9.17, 15) is 9.59 Å². The zero-order valence-electron chi connectivity index (χ0n) is 19.1. The molecule has 2 amide bonds. The second kappa shape index (κ2) is 10.8. The van der Waals surface area contributed by atoms with Crippen molar-refractivity contribution in [3.63, 3.8) is 0 Å². The smallest absolute Gasteiger partial charge is 0.238 e. The molecule has 1 aliphatic carbocycles. The maximum absolute atomic E-state index is 13.4. The van der Waals surface area contributed by atoms with Crippen LogP contribution >= 0.6 is 0 Å². The van der Waals surface area contributed by atoms with Gasteiger partial charge in [-0.25, -0.2) is 0 Å². The second-order valence-electron chi connectivity index (χ2n) is 9.21. The van der Waals surface area contributed by atoms with Gasteiger partial charge in [0.1, 0.15) is 0 Å². The summed E-state index contributed by atoms with van der Waals surface area (Å²) in [4.78, 5) is 30.5. The number of hydrogen-bond donors (Lipinski definition) is 1. The van der Waals surface area contributed by atoms with Gasteiger partial charge in [0.05, 0.1) is 18.5 Å². The molecule has 1 saturated carbocycles. The Kier molecular flexibility index (Phi) is 7.59. The van der Waals surface area contributed by atoms with Crippen LogP contribution in [-0.2, 0) is 16.0 Å². The summed E-state index contributed by atoms with van der Waals surface area (Å²) < 4.78 is 0. The van der Waals surface area contributed by atoms with Crippen molar-refractivity contribution < 1.29 is 9.59 Å². The molecule has 2 fully saturated rings. The highest BCUT2D eigenvalue weighted by Crippen LogP contribution is 2.31. The number of carbonyl (C=O) groups excluding carboxylic acids is 2. The molecule has 2 atom stereocenters. The Bertz CT molecular complexity index is 872. The van der Waals surface area contributed by atoms with Crippen molar-refractivity contribution in [3.8, 4) is 0 Å². The number of nitrogens with zero attached hydrogens (tertiary/aromatic N) is 2. The standard InChI is InChI=1S/C27H35N3O2/c1-21(23-12-6-3-7-13-23)28-27(32)26(24-14-8-9-15-24)30-18-16-29(17-19-30)25(31)20-22-10-4-2-5-11-22/h2-7,10-13,21,24,26H,8-9,14-20H2,1H3,(H,28,32). The zero-order chi connectivity index (χ0) is 22.3. The van der Waals surface area contributed by atoms with E-state index < -0.39 is 0 Å². The van der Waals surface area contributed by atoms with Crippen LogP contribution < -0.4 is 5.32 Å². The van der Waals surface area contributed by atoms with E-state index in [0.29, 0.717) is 25.4 Å². The van der Waals surface area contributed by atoms with Crippen LogP contribution in [-0.4, -0.2) is 53.8 Å². The average molecular weight is 434 g/mol. The van der Waals surface area contributed by atoms with Gasteiger partial charge in [0.15, 0.2) is 0 Å². The molecule has 5 nitrogen and oxygen atoms in total. The number of nitrogens with one attached hydrogen (secondary N) is 1. The van der Waals surface area contributed by atoms with E-state index in [-0.39, 0.29) is 23.9 Å². The van der Waals surface area contributed by atoms with E-state index >= 15 is 0 Å². The van der Waals surface area contributed by atoms with Crippen molar-refractivity contribution in [2.24, 2.45) is 5.92 Å². The van der Waals surface area contributed by atoms with Gasteiger partial charge in [-0.1, -0.05) is 73.5 Å². The van der Waals surface area contributed by atoms with Crippen LogP contribution in [0.1, 0.15) is 49.8 Å². The minimum atomic E-state index is -0.102. The van der Waals surface area contributed by atoms with Gasteiger partial charge in [-0.3, -0.25) is 14.5 Å². The third-order valence-electron chi connectivity index (χ3n) is 7.03. The molecule has 2 aromatic carbocycles. The van der Waals surface area contributed by atoms with Crippen molar-refractivity contribution in [2.75, 3.05) is 26.2 Å². The molecule has 1 N–H and O–H groups in total. The van der Waals surface area contributed by atoms with E-state index in [0.717, 1.165) is 37.1 Å². The Hall–Kier alpha value is -2.66. The van der Waals surface area contributed by atoms with Crippen molar-refractivity contribution >= 4 is 11.8 Å². The summed E-state index contributed by atoms with van der Waals surface area (Å²) >= 11 is 0. The summed E-state index contributed by atoms with van der Waals surface area (Å²) in [7, 11) is 0. The highest BCUT2D eigenvalue weighted by atomic mass is 16.2. The van der Waals surface area contributed by atoms with Crippen molar-refractivity contribution in [1.82, 2.24) is 15.1 Å². The normalized spacial score (nSPS) is 19.5. The lowest BCUT2D eigenvalue weighted by Gasteiger charge is -2.41. The molecule has 2 aromatic rings. The van der Waals surface area contributed by atoms with Gasteiger partial charge >= 0.3 is 0 Å². The molecule has 0 spiro atoms. The van der Waals surface area contributed by atoms with E-state index in [4.69, 9.17) is 0 Å². The molecule has 5 heteroatoms. The maximum atomic E-state index is 13.4. The Labute approximate surface area is 191 Å².